The van der Waals surface area contributed by atoms with E-state index in [0.29, 0.717) is 11.8 Å². The minimum Gasteiger partial charge on any atom is -0.336 e. The third kappa shape index (κ3) is 3.90. The van der Waals surface area contributed by atoms with E-state index in [-0.39, 0.29) is 0 Å². The molecule has 1 N–H and O–H groups in total. The van der Waals surface area contributed by atoms with E-state index in [2.05, 4.69) is 68.2 Å². The van der Waals surface area contributed by atoms with Gasteiger partial charge in [0, 0.05) is 30.4 Å². The fourth-order valence-electron chi connectivity index (χ4n) is 4.59. The largest absolute Gasteiger partial charge is 0.336 e. The summed E-state index contributed by atoms with van der Waals surface area (Å²) in [6.07, 6.45) is 9.52. The third-order valence-electron chi connectivity index (χ3n) is 6.36. The molecule has 0 unspecified atom stereocenters. The lowest BCUT2D eigenvalue weighted by Gasteiger charge is -2.27. The van der Waals surface area contributed by atoms with Gasteiger partial charge in [0.2, 0.25) is 0 Å². The summed E-state index contributed by atoms with van der Waals surface area (Å²) in [6, 6.07) is 11.1. The first-order valence-corrected chi connectivity index (χ1v) is 11.1. The van der Waals surface area contributed by atoms with Gasteiger partial charge in [-0.15, -0.1) is 0 Å². The van der Waals surface area contributed by atoms with Gasteiger partial charge in [0.15, 0.2) is 0 Å². The van der Waals surface area contributed by atoms with Crippen LogP contribution in [0.15, 0.2) is 49.1 Å². The molecule has 0 spiro atoms. The number of fused-ring (bicyclic) bond motifs is 1. The fourth-order valence-corrected chi connectivity index (χ4v) is 4.59. The Bertz CT molecular complexity index is 1200. The van der Waals surface area contributed by atoms with Crippen LogP contribution in [-0.2, 0) is 13.0 Å². The molecule has 1 atom stereocenters. The van der Waals surface area contributed by atoms with Crippen LogP contribution in [0.25, 0.3) is 22.6 Å². The highest BCUT2D eigenvalue weighted by atomic mass is 15.3. The zero-order valence-electron chi connectivity index (χ0n) is 18.3. The van der Waals surface area contributed by atoms with Crippen LogP contribution in [0.3, 0.4) is 0 Å². The number of aromatic nitrogens is 6. The van der Waals surface area contributed by atoms with Crippen LogP contribution in [0, 0.1) is 6.92 Å². The molecule has 0 saturated heterocycles. The molecule has 4 aromatic rings. The Labute approximate surface area is 182 Å². The van der Waals surface area contributed by atoms with Gasteiger partial charge < -0.3 is 4.57 Å². The van der Waals surface area contributed by atoms with Crippen LogP contribution < -0.4 is 0 Å². The van der Waals surface area contributed by atoms with Crippen molar-refractivity contribution in [2.45, 2.75) is 58.4 Å². The number of H-pyrrole nitrogens is 1. The minimum atomic E-state index is 0.529. The average Bonchev–Trinajstić information content (AvgIpc) is 3.43. The Kier molecular flexibility index (Phi) is 5.14. The first-order chi connectivity index (χ1) is 15.1. The normalized spacial score (nSPS) is 15.9. The number of aromatic amines is 1. The van der Waals surface area contributed by atoms with Gasteiger partial charge in [0.25, 0.3) is 0 Å². The van der Waals surface area contributed by atoms with Crippen molar-refractivity contribution in [2.75, 3.05) is 0 Å². The van der Waals surface area contributed by atoms with Gasteiger partial charge in [-0.3, -0.25) is 4.98 Å². The SMILES string of the molecule is Cc1n[nH]nc1-c1ccnc(-c2cn(C[C@@H]3CCCc4ccc(C(C)C)cc43)cn2)c1. The van der Waals surface area contributed by atoms with Crippen LogP contribution in [0.1, 0.15) is 60.9 Å². The Morgan fingerprint density at radius 3 is 2.81 bits per heavy atom. The number of nitrogens with one attached hydrogen (secondary N) is 1. The number of benzene rings is 1. The number of hydrogen-bond donors (Lipinski definition) is 1. The lowest BCUT2D eigenvalue weighted by Crippen LogP contribution is -2.15. The number of pyridine rings is 1. The van der Waals surface area contributed by atoms with Crippen LogP contribution in [0.2, 0.25) is 0 Å². The van der Waals surface area contributed by atoms with Gasteiger partial charge in [-0.25, -0.2) is 4.98 Å². The molecule has 0 aliphatic heterocycles. The van der Waals surface area contributed by atoms with Crippen LogP contribution in [0.4, 0.5) is 0 Å². The Morgan fingerprint density at radius 2 is 2.00 bits per heavy atom. The van der Waals surface area contributed by atoms with Crippen molar-refractivity contribution in [1.82, 2.24) is 29.9 Å². The molecule has 1 aromatic carbocycles. The summed E-state index contributed by atoms with van der Waals surface area (Å²) in [5.74, 6) is 1.08. The Balaban J connectivity index is 1.39. The molecule has 0 radical (unpaired) electrons. The zero-order valence-corrected chi connectivity index (χ0v) is 18.3. The molecule has 6 heteroatoms. The maximum Gasteiger partial charge on any atom is 0.115 e. The topological polar surface area (TPSA) is 72.3 Å². The van der Waals surface area contributed by atoms with E-state index >= 15 is 0 Å². The monoisotopic (exact) mass is 412 g/mol. The summed E-state index contributed by atoms with van der Waals surface area (Å²) in [5, 5.41) is 11.1. The second-order valence-electron chi connectivity index (χ2n) is 8.85. The van der Waals surface area contributed by atoms with Gasteiger partial charge in [0.1, 0.15) is 11.4 Å². The molecule has 3 aromatic heterocycles. The van der Waals surface area contributed by atoms with Crippen molar-refractivity contribution >= 4 is 0 Å². The molecule has 6 nitrogen and oxygen atoms in total. The smallest absolute Gasteiger partial charge is 0.115 e. The fraction of sp³-hybridized carbons (Fsp3) is 0.360. The second-order valence-corrected chi connectivity index (χ2v) is 8.85. The van der Waals surface area contributed by atoms with Crippen molar-refractivity contribution in [3.63, 3.8) is 0 Å². The van der Waals surface area contributed by atoms with Gasteiger partial charge in [-0.1, -0.05) is 32.0 Å². The highest BCUT2D eigenvalue weighted by Gasteiger charge is 2.22. The summed E-state index contributed by atoms with van der Waals surface area (Å²) in [5.41, 5.74) is 8.92. The maximum absolute atomic E-state index is 4.66. The van der Waals surface area contributed by atoms with Crippen molar-refractivity contribution in [3.8, 4) is 22.6 Å². The van der Waals surface area contributed by atoms with E-state index in [1.165, 1.54) is 36.0 Å². The molecule has 0 amide bonds. The molecule has 158 valence electrons. The van der Waals surface area contributed by atoms with Crippen LogP contribution in [0.5, 0.6) is 0 Å². The molecule has 0 bridgehead atoms. The number of hydrogen-bond acceptors (Lipinski definition) is 4. The van der Waals surface area contributed by atoms with Crippen molar-refractivity contribution in [1.29, 1.82) is 0 Å². The molecular formula is C25H28N6. The molecule has 1 aliphatic carbocycles. The van der Waals surface area contributed by atoms with Gasteiger partial charge >= 0.3 is 0 Å². The van der Waals surface area contributed by atoms with Crippen molar-refractivity contribution in [3.05, 3.63) is 71.4 Å². The molecule has 0 saturated carbocycles. The van der Waals surface area contributed by atoms with Crippen molar-refractivity contribution < 1.29 is 0 Å². The summed E-state index contributed by atoms with van der Waals surface area (Å²) < 4.78 is 2.22. The lowest BCUT2D eigenvalue weighted by molar-refractivity contribution is 0.482. The van der Waals surface area contributed by atoms with E-state index in [9.17, 15) is 0 Å². The first kappa shape index (κ1) is 19.7. The predicted molar refractivity (Wildman–Crippen MR) is 122 cm³/mol. The van der Waals surface area contributed by atoms with Gasteiger partial charge in [0.05, 0.1) is 17.7 Å². The highest BCUT2D eigenvalue weighted by molar-refractivity contribution is 5.67. The van der Waals surface area contributed by atoms with Crippen LogP contribution >= 0.6 is 0 Å². The Hall–Kier alpha value is -3.28. The molecule has 3 heterocycles. The number of imidazole rings is 1. The van der Waals surface area contributed by atoms with Crippen LogP contribution in [-0.4, -0.2) is 29.9 Å². The average molecular weight is 413 g/mol. The standard InChI is InChI=1S/C25H28N6/c1-16(2)19-8-7-18-5-4-6-21(22(18)11-19)13-31-14-24(27-15-31)23-12-20(9-10-26-23)25-17(3)28-30-29-25/h7-12,14-16,21H,4-6,13H2,1-3H3,(H,28,29,30)/t21-/m0/s1. The highest BCUT2D eigenvalue weighted by Crippen LogP contribution is 2.35. The predicted octanol–water partition coefficient (Wildman–Crippen LogP) is 5.28. The van der Waals surface area contributed by atoms with E-state index in [1.54, 1.807) is 0 Å². The lowest BCUT2D eigenvalue weighted by atomic mass is 9.81. The van der Waals surface area contributed by atoms with E-state index < -0.39 is 0 Å². The van der Waals surface area contributed by atoms with Gasteiger partial charge in [-0.05, 0) is 60.9 Å². The number of aryl methyl sites for hydroxylation is 2. The summed E-state index contributed by atoms with van der Waals surface area (Å²) in [4.78, 5) is 9.20. The molecule has 1 aliphatic rings. The summed E-state index contributed by atoms with van der Waals surface area (Å²) >= 11 is 0. The third-order valence-corrected chi connectivity index (χ3v) is 6.36. The van der Waals surface area contributed by atoms with E-state index in [0.717, 1.165) is 34.9 Å². The molecule has 31 heavy (non-hydrogen) atoms. The van der Waals surface area contributed by atoms with E-state index in [1.807, 2.05) is 31.6 Å². The summed E-state index contributed by atoms with van der Waals surface area (Å²) in [6.45, 7) is 7.43. The number of rotatable bonds is 5. The second kappa shape index (κ2) is 8.10. The molecule has 0 fully saturated rings. The quantitative estimate of drug-likeness (QED) is 0.484. The van der Waals surface area contributed by atoms with E-state index in [4.69, 9.17) is 0 Å². The van der Waals surface area contributed by atoms with Crippen molar-refractivity contribution in [2.24, 2.45) is 0 Å². The maximum atomic E-state index is 4.66. The Morgan fingerprint density at radius 1 is 1.10 bits per heavy atom. The minimum absolute atomic E-state index is 0.529. The zero-order chi connectivity index (χ0) is 21.4. The van der Waals surface area contributed by atoms with Gasteiger partial charge in [-0.2, -0.15) is 15.4 Å². The summed E-state index contributed by atoms with van der Waals surface area (Å²) in [7, 11) is 0. The first-order valence-electron chi connectivity index (χ1n) is 11.1. The molecular weight excluding hydrogens is 384 g/mol. The molecule has 5 rings (SSSR count). The number of nitrogens with zero attached hydrogens (tertiary/aromatic N) is 5.